The van der Waals surface area contributed by atoms with Gasteiger partial charge in [-0.3, -0.25) is 4.79 Å². The Bertz CT molecular complexity index is 751. The zero-order chi connectivity index (χ0) is 14.3. The van der Waals surface area contributed by atoms with Gasteiger partial charge in [-0.2, -0.15) is 10.1 Å². The molecule has 0 fully saturated rings. The molecule has 2 aromatic rings. The number of aromatic nitrogens is 3. The van der Waals surface area contributed by atoms with Crippen molar-refractivity contribution in [3.63, 3.8) is 0 Å². The van der Waals surface area contributed by atoms with Gasteiger partial charge >= 0.3 is 5.69 Å². The van der Waals surface area contributed by atoms with Crippen molar-refractivity contribution in [2.45, 2.75) is 19.8 Å². The summed E-state index contributed by atoms with van der Waals surface area (Å²) in [6, 6.07) is 5.81. The van der Waals surface area contributed by atoms with Crippen LogP contribution in [0.1, 0.15) is 17.7 Å². The van der Waals surface area contributed by atoms with Crippen LogP contribution in [0.15, 0.2) is 23.0 Å². The van der Waals surface area contributed by atoms with Crippen molar-refractivity contribution in [2.24, 2.45) is 0 Å². The number of amides is 1. The van der Waals surface area contributed by atoms with E-state index in [1.807, 2.05) is 18.2 Å². The van der Waals surface area contributed by atoms with E-state index >= 15 is 0 Å². The van der Waals surface area contributed by atoms with Crippen LogP contribution >= 0.6 is 0 Å². The van der Waals surface area contributed by atoms with Crippen LogP contribution in [0.5, 0.6) is 0 Å². The second-order valence-electron chi connectivity index (χ2n) is 4.87. The maximum absolute atomic E-state index is 11.7. The molecule has 2 heterocycles. The van der Waals surface area contributed by atoms with Crippen LogP contribution in [0.25, 0.3) is 11.3 Å². The van der Waals surface area contributed by atoms with Crippen molar-refractivity contribution < 1.29 is 4.79 Å². The minimum absolute atomic E-state index is 0.130. The molecule has 1 amide bonds. The average Bonchev–Trinajstić information content (AvgIpc) is 2.43. The summed E-state index contributed by atoms with van der Waals surface area (Å²) in [6.45, 7) is 1.76. The van der Waals surface area contributed by atoms with Gasteiger partial charge in [-0.05, 0) is 31.0 Å². The van der Waals surface area contributed by atoms with Crippen molar-refractivity contribution in [1.29, 1.82) is 0 Å². The summed E-state index contributed by atoms with van der Waals surface area (Å²) in [7, 11) is 1.78. The molecule has 0 bridgehead atoms. The lowest BCUT2D eigenvalue weighted by molar-refractivity contribution is -0.118. The fourth-order valence-electron chi connectivity index (χ4n) is 2.49. The van der Waals surface area contributed by atoms with Gasteiger partial charge in [-0.15, -0.1) is 0 Å². The van der Waals surface area contributed by atoms with Gasteiger partial charge in [0.1, 0.15) is 5.69 Å². The zero-order valence-electron chi connectivity index (χ0n) is 11.3. The van der Waals surface area contributed by atoms with Gasteiger partial charge in [-0.1, -0.05) is 6.07 Å². The smallest absolute Gasteiger partial charge is 0.315 e. The molecule has 6 nitrogen and oxygen atoms in total. The number of nitrogens with zero attached hydrogens (tertiary/aromatic N) is 3. The van der Waals surface area contributed by atoms with Crippen LogP contribution in [0.2, 0.25) is 0 Å². The lowest BCUT2D eigenvalue weighted by Gasteiger charge is -2.26. The Kier molecular flexibility index (Phi) is 2.85. The van der Waals surface area contributed by atoms with Crippen LogP contribution in [-0.2, 0) is 11.2 Å². The summed E-state index contributed by atoms with van der Waals surface area (Å²) in [6.07, 6.45) is 1.24. The molecule has 3 rings (SSSR count). The van der Waals surface area contributed by atoms with Crippen molar-refractivity contribution in [2.75, 3.05) is 11.9 Å². The Morgan fingerprint density at radius 2 is 2.05 bits per heavy atom. The number of hydrogen-bond donors (Lipinski definition) is 1. The highest BCUT2D eigenvalue weighted by Crippen LogP contribution is 2.30. The van der Waals surface area contributed by atoms with E-state index in [0.717, 1.165) is 23.2 Å². The molecule has 0 atom stereocenters. The van der Waals surface area contributed by atoms with Gasteiger partial charge in [-0.25, -0.2) is 9.89 Å². The SMILES string of the molecule is Cc1nc(=O)[nH]nc1-c1ccc2c(c1)CCC(=O)N2C. The Balaban J connectivity index is 2.09. The van der Waals surface area contributed by atoms with Gasteiger partial charge in [0, 0.05) is 24.7 Å². The fourth-order valence-corrected chi connectivity index (χ4v) is 2.49. The number of carbonyl (C=O) groups is 1. The minimum Gasteiger partial charge on any atom is -0.315 e. The summed E-state index contributed by atoms with van der Waals surface area (Å²) >= 11 is 0. The van der Waals surface area contributed by atoms with E-state index in [0.29, 0.717) is 17.8 Å². The van der Waals surface area contributed by atoms with Crippen molar-refractivity contribution >= 4 is 11.6 Å². The van der Waals surface area contributed by atoms with Gasteiger partial charge in [0.15, 0.2) is 0 Å². The van der Waals surface area contributed by atoms with E-state index in [1.165, 1.54) is 0 Å². The molecule has 6 heteroatoms. The number of aryl methyl sites for hydroxylation is 2. The average molecular weight is 270 g/mol. The summed E-state index contributed by atoms with van der Waals surface area (Å²) in [5.41, 5.74) is 3.74. The van der Waals surface area contributed by atoms with E-state index in [-0.39, 0.29) is 5.91 Å². The molecular formula is C14H14N4O2. The first-order valence-electron chi connectivity index (χ1n) is 6.39. The zero-order valence-corrected chi connectivity index (χ0v) is 11.3. The van der Waals surface area contributed by atoms with Gasteiger partial charge in [0.2, 0.25) is 5.91 Å². The summed E-state index contributed by atoms with van der Waals surface area (Å²) < 4.78 is 0. The van der Waals surface area contributed by atoms with E-state index in [2.05, 4.69) is 15.2 Å². The predicted octanol–water partition coefficient (Wildman–Crippen LogP) is 1.05. The van der Waals surface area contributed by atoms with Crippen LogP contribution < -0.4 is 10.6 Å². The topological polar surface area (TPSA) is 79.0 Å². The lowest BCUT2D eigenvalue weighted by atomic mass is 9.97. The molecule has 1 N–H and O–H groups in total. The highest BCUT2D eigenvalue weighted by Gasteiger charge is 2.21. The Hall–Kier alpha value is -2.50. The van der Waals surface area contributed by atoms with E-state index in [9.17, 15) is 9.59 Å². The number of nitrogens with one attached hydrogen (secondary N) is 1. The van der Waals surface area contributed by atoms with E-state index in [4.69, 9.17) is 0 Å². The molecule has 0 saturated carbocycles. The molecule has 20 heavy (non-hydrogen) atoms. The number of hydrogen-bond acceptors (Lipinski definition) is 4. The standard InChI is InChI=1S/C14H14N4O2/c1-8-13(16-17-14(20)15-8)10-3-5-11-9(7-10)4-6-12(19)18(11)2/h3,5,7H,4,6H2,1-2H3,(H,15,17,20). The van der Waals surface area contributed by atoms with Crippen LogP contribution in [0.3, 0.4) is 0 Å². The quantitative estimate of drug-likeness (QED) is 0.840. The predicted molar refractivity (Wildman–Crippen MR) is 74.6 cm³/mol. The second kappa shape index (κ2) is 4.56. The monoisotopic (exact) mass is 270 g/mol. The maximum atomic E-state index is 11.7. The molecule has 0 unspecified atom stereocenters. The highest BCUT2D eigenvalue weighted by molar-refractivity contribution is 5.96. The minimum atomic E-state index is -0.449. The number of benzene rings is 1. The molecular weight excluding hydrogens is 256 g/mol. The summed E-state index contributed by atoms with van der Waals surface area (Å²) in [5, 5.41) is 6.40. The third kappa shape index (κ3) is 1.99. The normalized spacial score (nSPS) is 14.3. The molecule has 0 radical (unpaired) electrons. The molecule has 0 saturated heterocycles. The van der Waals surface area contributed by atoms with Crippen LogP contribution in [-0.4, -0.2) is 28.1 Å². The van der Waals surface area contributed by atoms with Crippen molar-refractivity contribution in [3.05, 3.63) is 39.9 Å². The molecule has 0 spiro atoms. The summed E-state index contributed by atoms with van der Waals surface area (Å²) in [5.74, 6) is 0.130. The van der Waals surface area contributed by atoms with Gasteiger partial charge in [0.25, 0.3) is 0 Å². The first-order valence-corrected chi connectivity index (χ1v) is 6.39. The Morgan fingerprint density at radius 3 is 2.80 bits per heavy atom. The van der Waals surface area contributed by atoms with Gasteiger partial charge in [0.05, 0.1) is 5.69 Å². The number of carbonyl (C=O) groups excluding carboxylic acids is 1. The number of H-pyrrole nitrogens is 1. The lowest BCUT2D eigenvalue weighted by Crippen LogP contribution is -2.31. The third-order valence-electron chi connectivity index (χ3n) is 3.57. The molecule has 1 aliphatic heterocycles. The number of rotatable bonds is 1. The van der Waals surface area contributed by atoms with Crippen molar-refractivity contribution in [3.8, 4) is 11.3 Å². The molecule has 0 aliphatic carbocycles. The molecule has 1 aliphatic rings. The van der Waals surface area contributed by atoms with E-state index in [1.54, 1.807) is 18.9 Å². The molecule has 1 aromatic heterocycles. The maximum Gasteiger partial charge on any atom is 0.361 e. The first-order chi connectivity index (χ1) is 9.56. The fraction of sp³-hybridized carbons (Fsp3) is 0.286. The molecule has 1 aromatic carbocycles. The first kappa shape index (κ1) is 12.5. The van der Waals surface area contributed by atoms with Gasteiger partial charge < -0.3 is 4.90 Å². The number of fused-ring (bicyclic) bond motifs is 1. The third-order valence-corrected chi connectivity index (χ3v) is 3.57. The second-order valence-corrected chi connectivity index (χ2v) is 4.87. The highest BCUT2D eigenvalue weighted by atomic mass is 16.2. The van der Waals surface area contributed by atoms with Crippen LogP contribution in [0.4, 0.5) is 5.69 Å². The number of anilines is 1. The van der Waals surface area contributed by atoms with Crippen LogP contribution in [0, 0.1) is 6.92 Å². The largest absolute Gasteiger partial charge is 0.361 e. The Labute approximate surface area is 115 Å². The van der Waals surface area contributed by atoms with Crippen molar-refractivity contribution in [1.82, 2.24) is 15.2 Å². The van der Waals surface area contributed by atoms with E-state index < -0.39 is 5.69 Å². The Morgan fingerprint density at radius 1 is 1.25 bits per heavy atom. The molecule has 102 valence electrons. The number of aromatic amines is 1. The summed E-state index contributed by atoms with van der Waals surface area (Å²) in [4.78, 5) is 28.3.